The fraction of sp³-hybridized carbons (Fsp3) is 0.308. The van der Waals surface area contributed by atoms with E-state index in [0.717, 1.165) is 21.7 Å². The molecular weight excluding hydrogens is 405 g/mol. The minimum absolute atomic E-state index is 0.0900. The zero-order chi connectivity index (χ0) is 23.2. The SMILES string of the molecule is CC1=CC(C)(C)N(C(C)C)c2ccc(/C=C3\NC(=O)N(Cc4ccc(F)cc4)C3=O)cc21. The molecule has 3 amide bonds. The number of benzene rings is 2. The Morgan fingerprint density at radius 2 is 1.78 bits per heavy atom. The predicted octanol–water partition coefficient (Wildman–Crippen LogP) is 5.33. The molecule has 5 nitrogen and oxygen atoms in total. The molecule has 6 heteroatoms. The lowest BCUT2D eigenvalue weighted by Crippen LogP contribution is -2.49. The Morgan fingerprint density at radius 1 is 1.09 bits per heavy atom. The number of imide groups is 1. The van der Waals surface area contributed by atoms with E-state index in [1.54, 1.807) is 18.2 Å². The molecule has 166 valence electrons. The fourth-order valence-electron chi connectivity index (χ4n) is 4.75. The van der Waals surface area contributed by atoms with Crippen molar-refractivity contribution < 1.29 is 14.0 Å². The molecule has 2 aliphatic heterocycles. The summed E-state index contributed by atoms with van der Waals surface area (Å²) in [6.07, 6.45) is 3.97. The molecule has 0 bridgehead atoms. The Kier molecular flexibility index (Phi) is 5.41. The molecule has 32 heavy (non-hydrogen) atoms. The van der Waals surface area contributed by atoms with E-state index in [-0.39, 0.29) is 23.6 Å². The molecule has 2 heterocycles. The van der Waals surface area contributed by atoms with Crippen LogP contribution in [0.25, 0.3) is 11.6 Å². The van der Waals surface area contributed by atoms with Gasteiger partial charge < -0.3 is 10.2 Å². The molecule has 1 saturated heterocycles. The van der Waals surface area contributed by atoms with E-state index >= 15 is 0 Å². The number of nitrogens with one attached hydrogen (secondary N) is 1. The highest BCUT2D eigenvalue weighted by atomic mass is 19.1. The highest BCUT2D eigenvalue weighted by Gasteiger charge is 2.35. The molecule has 0 aromatic heterocycles. The maximum Gasteiger partial charge on any atom is 0.329 e. The molecule has 0 atom stereocenters. The Bertz CT molecular complexity index is 1150. The van der Waals surface area contributed by atoms with E-state index in [1.165, 1.54) is 17.7 Å². The van der Waals surface area contributed by atoms with Crippen LogP contribution >= 0.6 is 0 Å². The van der Waals surface area contributed by atoms with Gasteiger partial charge in [0.25, 0.3) is 5.91 Å². The fourth-order valence-corrected chi connectivity index (χ4v) is 4.75. The van der Waals surface area contributed by atoms with Crippen molar-refractivity contribution in [1.29, 1.82) is 0 Å². The molecule has 0 radical (unpaired) electrons. The summed E-state index contributed by atoms with van der Waals surface area (Å²) in [5.74, 6) is -0.753. The Hall–Kier alpha value is -3.41. The maximum absolute atomic E-state index is 13.1. The Morgan fingerprint density at radius 3 is 2.44 bits per heavy atom. The largest absolute Gasteiger partial charge is 0.360 e. The highest BCUT2D eigenvalue weighted by molar-refractivity contribution is 6.14. The molecule has 2 aromatic carbocycles. The number of hydrogen-bond acceptors (Lipinski definition) is 3. The number of hydrogen-bond donors (Lipinski definition) is 1. The van der Waals surface area contributed by atoms with Crippen LogP contribution in [-0.2, 0) is 11.3 Å². The number of amides is 3. The first-order valence-corrected chi connectivity index (χ1v) is 10.8. The van der Waals surface area contributed by atoms with Crippen molar-refractivity contribution in [3.05, 3.63) is 76.7 Å². The molecular formula is C26H28FN3O2. The van der Waals surface area contributed by atoms with Gasteiger partial charge in [0.2, 0.25) is 0 Å². The third-order valence-corrected chi connectivity index (χ3v) is 5.94. The monoisotopic (exact) mass is 433 g/mol. The van der Waals surface area contributed by atoms with Crippen LogP contribution in [0.3, 0.4) is 0 Å². The molecule has 2 aliphatic rings. The lowest BCUT2D eigenvalue weighted by Gasteiger charge is -2.46. The maximum atomic E-state index is 13.1. The zero-order valence-corrected chi connectivity index (χ0v) is 19.1. The Labute approximate surface area is 188 Å². The van der Waals surface area contributed by atoms with E-state index in [0.29, 0.717) is 11.6 Å². The number of anilines is 1. The van der Waals surface area contributed by atoms with Crippen molar-refractivity contribution in [2.24, 2.45) is 0 Å². The summed E-state index contributed by atoms with van der Waals surface area (Å²) in [6.45, 7) is 11.0. The van der Waals surface area contributed by atoms with Gasteiger partial charge >= 0.3 is 6.03 Å². The number of carbonyl (C=O) groups excluding carboxylic acids is 2. The van der Waals surface area contributed by atoms with Crippen molar-refractivity contribution in [1.82, 2.24) is 10.2 Å². The summed E-state index contributed by atoms with van der Waals surface area (Å²) < 4.78 is 13.1. The van der Waals surface area contributed by atoms with Gasteiger partial charge in [0.1, 0.15) is 11.5 Å². The minimum Gasteiger partial charge on any atom is -0.360 e. The number of carbonyl (C=O) groups is 2. The molecule has 0 unspecified atom stereocenters. The van der Waals surface area contributed by atoms with Crippen molar-refractivity contribution in [2.45, 2.75) is 52.7 Å². The standard InChI is InChI=1S/C26H28FN3O2/c1-16(2)30-23-11-8-19(12-21(23)17(3)14-26(30,4)5)13-22-24(31)29(25(32)28-22)15-18-6-9-20(27)10-7-18/h6-14,16H,15H2,1-5H3,(H,28,32)/b22-13-. The normalized spacial score (nSPS) is 18.8. The number of halogens is 1. The zero-order valence-electron chi connectivity index (χ0n) is 19.1. The second-order valence-corrected chi connectivity index (χ2v) is 9.23. The van der Waals surface area contributed by atoms with Gasteiger partial charge in [-0.05, 0) is 81.7 Å². The molecule has 4 rings (SSSR count). The van der Waals surface area contributed by atoms with Crippen LogP contribution in [0.1, 0.15) is 51.3 Å². The third-order valence-electron chi connectivity index (χ3n) is 5.94. The van der Waals surface area contributed by atoms with Gasteiger partial charge in [-0.3, -0.25) is 9.69 Å². The van der Waals surface area contributed by atoms with Gasteiger partial charge in [-0.2, -0.15) is 0 Å². The van der Waals surface area contributed by atoms with Crippen molar-refractivity contribution in [3.63, 3.8) is 0 Å². The van der Waals surface area contributed by atoms with Crippen molar-refractivity contribution >= 4 is 29.3 Å². The molecule has 0 aliphatic carbocycles. The highest BCUT2D eigenvalue weighted by Crippen LogP contribution is 2.40. The number of fused-ring (bicyclic) bond motifs is 1. The number of nitrogens with zero attached hydrogens (tertiary/aromatic N) is 2. The third kappa shape index (κ3) is 3.93. The first-order chi connectivity index (χ1) is 15.1. The quantitative estimate of drug-likeness (QED) is 0.524. The van der Waals surface area contributed by atoms with Crippen LogP contribution in [0.4, 0.5) is 14.9 Å². The number of allylic oxidation sites excluding steroid dienone is 1. The molecule has 0 spiro atoms. The lowest BCUT2D eigenvalue weighted by atomic mass is 9.87. The van der Waals surface area contributed by atoms with Gasteiger partial charge in [-0.15, -0.1) is 0 Å². The van der Waals surface area contributed by atoms with Crippen LogP contribution in [0.2, 0.25) is 0 Å². The van der Waals surface area contributed by atoms with E-state index < -0.39 is 11.9 Å². The van der Waals surface area contributed by atoms with Crippen LogP contribution in [0.5, 0.6) is 0 Å². The van der Waals surface area contributed by atoms with Gasteiger partial charge in [0.05, 0.1) is 12.1 Å². The van der Waals surface area contributed by atoms with E-state index in [2.05, 4.69) is 63.0 Å². The second kappa shape index (κ2) is 7.93. The molecule has 2 aromatic rings. The summed E-state index contributed by atoms with van der Waals surface area (Å²) in [4.78, 5) is 28.8. The van der Waals surface area contributed by atoms with Crippen molar-refractivity contribution in [3.8, 4) is 0 Å². The average molecular weight is 434 g/mol. The van der Waals surface area contributed by atoms with Crippen LogP contribution in [-0.4, -0.2) is 28.4 Å². The topological polar surface area (TPSA) is 52.7 Å². The van der Waals surface area contributed by atoms with E-state index in [4.69, 9.17) is 0 Å². The second-order valence-electron chi connectivity index (χ2n) is 9.23. The van der Waals surface area contributed by atoms with E-state index in [9.17, 15) is 14.0 Å². The summed E-state index contributed by atoms with van der Waals surface area (Å²) in [7, 11) is 0. The summed E-state index contributed by atoms with van der Waals surface area (Å²) in [6, 6.07) is 11.7. The van der Waals surface area contributed by atoms with Gasteiger partial charge in [-0.1, -0.05) is 24.3 Å². The van der Waals surface area contributed by atoms with Crippen LogP contribution < -0.4 is 10.2 Å². The van der Waals surface area contributed by atoms with Gasteiger partial charge in [-0.25, -0.2) is 9.18 Å². The molecule has 0 saturated carbocycles. The lowest BCUT2D eigenvalue weighted by molar-refractivity contribution is -0.123. The van der Waals surface area contributed by atoms with Gasteiger partial charge in [0.15, 0.2) is 0 Å². The van der Waals surface area contributed by atoms with Crippen LogP contribution in [0.15, 0.2) is 54.2 Å². The van der Waals surface area contributed by atoms with Gasteiger partial charge in [0, 0.05) is 17.3 Å². The first-order valence-electron chi connectivity index (χ1n) is 10.8. The van der Waals surface area contributed by atoms with Crippen LogP contribution in [0, 0.1) is 5.82 Å². The average Bonchev–Trinajstić information content (AvgIpc) is 2.96. The number of urea groups is 1. The first kappa shape index (κ1) is 21.8. The van der Waals surface area contributed by atoms with Crippen molar-refractivity contribution in [2.75, 3.05) is 4.90 Å². The number of rotatable bonds is 4. The van der Waals surface area contributed by atoms with E-state index in [1.807, 2.05) is 6.07 Å². The smallest absolute Gasteiger partial charge is 0.329 e. The Balaban J connectivity index is 1.62. The predicted molar refractivity (Wildman–Crippen MR) is 125 cm³/mol. The molecule has 1 N–H and O–H groups in total. The molecule has 1 fully saturated rings. The summed E-state index contributed by atoms with van der Waals surface area (Å²) in [5.41, 5.74) is 5.12. The summed E-state index contributed by atoms with van der Waals surface area (Å²) >= 11 is 0. The minimum atomic E-state index is -0.479. The summed E-state index contributed by atoms with van der Waals surface area (Å²) in [5, 5.41) is 2.66.